The van der Waals surface area contributed by atoms with Gasteiger partial charge in [0.05, 0.1) is 30.2 Å². The number of unbranched alkanes of at least 4 members (excludes halogenated alkanes) is 1. The number of carbonyl (C=O) groups is 1. The monoisotopic (exact) mass is 513 g/mol. The number of methoxy groups -OCH3 is 1. The predicted octanol–water partition coefficient (Wildman–Crippen LogP) is 5.91. The third-order valence-corrected chi connectivity index (χ3v) is 6.74. The van der Waals surface area contributed by atoms with Crippen LogP contribution in [0.15, 0.2) is 39.5 Å². The topological polar surface area (TPSA) is 78.2 Å². The van der Waals surface area contributed by atoms with E-state index in [-0.39, 0.29) is 17.1 Å². The van der Waals surface area contributed by atoms with E-state index in [2.05, 4.69) is 6.92 Å². The maximum atomic E-state index is 13.8. The second-order valence-corrected chi connectivity index (χ2v) is 9.27. The minimum Gasteiger partial charge on any atom is -0.490 e. The van der Waals surface area contributed by atoms with E-state index in [1.807, 2.05) is 32.0 Å². The molecule has 1 aliphatic rings. The first-order chi connectivity index (χ1) is 17.4. The van der Waals surface area contributed by atoms with Crippen molar-refractivity contribution in [3.63, 3.8) is 0 Å². The van der Waals surface area contributed by atoms with Crippen molar-refractivity contribution in [2.75, 3.05) is 33.5 Å². The molecule has 0 bridgehead atoms. The summed E-state index contributed by atoms with van der Waals surface area (Å²) in [7, 11) is 1.62. The first kappa shape index (κ1) is 26.0. The van der Waals surface area contributed by atoms with E-state index in [4.69, 9.17) is 30.2 Å². The van der Waals surface area contributed by atoms with Gasteiger partial charge in [-0.05, 0) is 62.1 Å². The highest BCUT2D eigenvalue weighted by Crippen LogP contribution is 2.41. The molecule has 0 radical (unpaired) electrons. The van der Waals surface area contributed by atoms with Crippen LogP contribution in [0.3, 0.4) is 0 Å². The molecule has 1 aromatic heterocycles. The molecule has 4 rings (SSSR count). The van der Waals surface area contributed by atoms with E-state index in [1.165, 1.54) is 0 Å². The molecule has 192 valence electrons. The van der Waals surface area contributed by atoms with E-state index in [0.29, 0.717) is 65.8 Å². The normalized spacial score (nSPS) is 15.0. The Morgan fingerprint density at radius 1 is 1.03 bits per heavy atom. The Hall–Kier alpha value is -3.03. The van der Waals surface area contributed by atoms with Crippen LogP contribution in [-0.2, 0) is 4.74 Å². The van der Waals surface area contributed by atoms with Gasteiger partial charge in [-0.3, -0.25) is 9.59 Å². The number of benzene rings is 2. The summed E-state index contributed by atoms with van der Waals surface area (Å²) in [6.45, 7) is 7.76. The average molecular weight is 514 g/mol. The molecule has 0 fully saturated rings. The van der Waals surface area contributed by atoms with Gasteiger partial charge in [-0.2, -0.15) is 0 Å². The Bertz CT molecular complexity index is 1320. The van der Waals surface area contributed by atoms with E-state index >= 15 is 0 Å². The van der Waals surface area contributed by atoms with Gasteiger partial charge in [-0.25, -0.2) is 0 Å². The fourth-order valence-corrected chi connectivity index (χ4v) is 4.67. The van der Waals surface area contributed by atoms with Gasteiger partial charge in [0.1, 0.15) is 5.58 Å². The number of hydrogen-bond acceptors (Lipinski definition) is 6. The highest BCUT2D eigenvalue weighted by molar-refractivity contribution is 6.32. The lowest BCUT2D eigenvalue weighted by atomic mass is 9.97. The highest BCUT2D eigenvalue weighted by atomic mass is 35.5. The quantitative estimate of drug-likeness (QED) is 0.296. The lowest BCUT2D eigenvalue weighted by molar-refractivity contribution is 0.0707. The Kier molecular flexibility index (Phi) is 8.21. The molecule has 8 heteroatoms. The molecule has 0 N–H and O–H groups in total. The molecule has 1 atom stereocenters. The first-order valence-corrected chi connectivity index (χ1v) is 12.7. The van der Waals surface area contributed by atoms with Gasteiger partial charge in [0, 0.05) is 25.3 Å². The van der Waals surface area contributed by atoms with Crippen LogP contribution >= 0.6 is 11.6 Å². The van der Waals surface area contributed by atoms with Crippen molar-refractivity contribution >= 4 is 28.5 Å². The fraction of sp³-hybridized carbons (Fsp3) is 0.429. The van der Waals surface area contributed by atoms with E-state index in [1.54, 1.807) is 24.1 Å². The van der Waals surface area contributed by atoms with Gasteiger partial charge < -0.3 is 23.5 Å². The van der Waals surface area contributed by atoms with Crippen molar-refractivity contribution in [3.8, 4) is 11.5 Å². The number of fused-ring (bicyclic) bond motifs is 2. The number of aryl methyl sites for hydroxylation is 1. The Balaban J connectivity index is 1.86. The maximum absolute atomic E-state index is 13.8. The van der Waals surface area contributed by atoms with Crippen molar-refractivity contribution in [1.29, 1.82) is 0 Å². The molecule has 2 heterocycles. The summed E-state index contributed by atoms with van der Waals surface area (Å²) < 4.78 is 23.1. The predicted molar refractivity (Wildman–Crippen MR) is 140 cm³/mol. The molecule has 0 aliphatic carbocycles. The van der Waals surface area contributed by atoms with E-state index in [0.717, 1.165) is 24.0 Å². The van der Waals surface area contributed by atoms with E-state index in [9.17, 15) is 9.59 Å². The van der Waals surface area contributed by atoms with Crippen molar-refractivity contribution in [1.82, 2.24) is 4.90 Å². The van der Waals surface area contributed by atoms with Crippen LogP contribution in [0.25, 0.3) is 11.0 Å². The zero-order valence-corrected chi connectivity index (χ0v) is 21.9. The smallest absolute Gasteiger partial charge is 0.290 e. The lowest BCUT2D eigenvalue weighted by Gasteiger charge is -2.26. The Morgan fingerprint density at radius 3 is 2.56 bits per heavy atom. The van der Waals surface area contributed by atoms with Gasteiger partial charge in [0.2, 0.25) is 5.76 Å². The highest BCUT2D eigenvalue weighted by Gasteiger charge is 2.42. The molecule has 3 aromatic rings. The second kappa shape index (κ2) is 11.4. The molecule has 1 unspecified atom stereocenters. The van der Waals surface area contributed by atoms with Crippen LogP contribution < -0.4 is 14.9 Å². The number of amides is 1. The molecule has 2 aromatic carbocycles. The van der Waals surface area contributed by atoms with Crippen LogP contribution in [0.5, 0.6) is 11.5 Å². The zero-order valence-electron chi connectivity index (χ0n) is 21.2. The van der Waals surface area contributed by atoms with Crippen LogP contribution in [0.2, 0.25) is 5.02 Å². The third-order valence-electron chi connectivity index (χ3n) is 6.33. The number of halogens is 1. The SMILES string of the molecule is CCCCOc1ccc(C2c3c(oc4cc(C)c(Cl)cc4c3=O)C(=O)N2CCCOC)cc1OCC. The van der Waals surface area contributed by atoms with Gasteiger partial charge in [0.15, 0.2) is 16.9 Å². The summed E-state index contributed by atoms with van der Waals surface area (Å²) in [5, 5.41) is 0.824. The summed E-state index contributed by atoms with van der Waals surface area (Å²) in [6, 6.07) is 8.26. The molecule has 1 amide bonds. The molecule has 0 saturated carbocycles. The molecule has 0 spiro atoms. The number of nitrogens with zero attached hydrogens (tertiary/aromatic N) is 1. The zero-order chi connectivity index (χ0) is 25.8. The van der Waals surface area contributed by atoms with Crippen LogP contribution in [-0.4, -0.2) is 44.3 Å². The van der Waals surface area contributed by atoms with Crippen molar-refractivity contribution in [3.05, 3.63) is 68.0 Å². The van der Waals surface area contributed by atoms with Crippen LogP contribution in [0.1, 0.15) is 66.4 Å². The number of carbonyl (C=O) groups excluding carboxylic acids is 1. The first-order valence-electron chi connectivity index (χ1n) is 12.4. The number of rotatable bonds is 11. The second-order valence-electron chi connectivity index (χ2n) is 8.86. The molecular formula is C28H32ClNO6. The summed E-state index contributed by atoms with van der Waals surface area (Å²) >= 11 is 6.33. The van der Waals surface area contributed by atoms with Gasteiger partial charge in [0.25, 0.3) is 5.91 Å². The van der Waals surface area contributed by atoms with Crippen molar-refractivity contribution in [2.45, 2.75) is 46.1 Å². The summed E-state index contributed by atoms with van der Waals surface area (Å²) in [5.74, 6) is 0.960. The van der Waals surface area contributed by atoms with Crippen molar-refractivity contribution in [2.24, 2.45) is 0 Å². The number of hydrogen-bond donors (Lipinski definition) is 0. The lowest BCUT2D eigenvalue weighted by Crippen LogP contribution is -2.31. The van der Waals surface area contributed by atoms with Crippen molar-refractivity contribution < 1.29 is 23.4 Å². The molecule has 7 nitrogen and oxygen atoms in total. The number of ether oxygens (including phenoxy) is 3. The Labute approximate surface area is 215 Å². The summed E-state index contributed by atoms with van der Waals surface area (Å²) in [6.07, 6.45) is 2.57. The standard InChI is InChI=1S/C28H32ClNO6/c1-5-7-13-35-21-10-9-18(15-23(21)34-6-2)25-24-26(31)19-16-20(29)17(3)14-22(19)36-27(24)28(32)30(25)11-8-12-33-4/h9-10,14-16,25H,5-8,11-13H2,1-4H3. The fourth-order valence-electron chi connectivity index (χ4n) is 4.51. The molecule has 0 saturated heterocycles. The van der Waals surface area contributed by atoms with Gasteiger partial charge >= 0.3 is 0 Å². The third kappa shape index (κ3) is 4.95. The summed E-state index contributed by atoms with van der Waals surface area (Å²) in [5.41, 5.74) is 1.91. The van der Waals surface area contributed by atoms with Crippen LogP contribution in [0, 0.1) is 6.92 Å². The van der Waals surface area contributed by atoms with E-state index < -0.39 is 6.04 Å². The van der Waals surface area contributed by atoms with Gasteiger partial charge in [-0.1, -0.05) is 31.0 Å². The Morgan fingerprint density at radius 2 is 1.83 bits per heavy atom. The summed E-state index contributed by atoms with van der Waals surface area (Å²) in [4.78, 5) is 29.0. The van der Waals surface area contributed by atoms with Gasteiger partial charge in [-0.15, -0.1) is 0 Å². The largest absolute Gasteiger partial charge is 0.490 e. The average Bonchev–Trinajstić information content (AvgIpc) is 3.13. The molecular weight excluding hydrogens is 482 g/mol. The molecule has 36 heavy (non-hydrogen) atoms. The minimum atomic E-state index is -0.631. The maximum Gasteiger partial charge on any atom is 0.290 e. The van der Waals surface area contributed by atoms with Crippen LogP contribution in [0.4, 0.5) is 0 Å². The molecule has 1 aliphatic heterocycles. The minimum absolute atomic E-state index is 0.0675.